The minimum absolute atomic E-state index is 0.0721. The van der Waals surface area contributed by atoms with E-state index in [4.69, 9.17) is 19.8 Å². The molecule has 1 aromatic carbocycles. The number of rotatable bonds is 4. The van der Waals surface area contributed by atoms with Crippen molar-refractivity contribution in [2.45, 2.75) is 18.2 Å². The second-order valence-electron chi connectivity index (χ2n) is 4.36. The van der Waals surface area contributed by atoms with Crippen molar-refractivity contribution >= 4 is 47.6 Å². The molecule has 0 spiro atoms. The highest BCUT2D eigenvalue weighted by atomic mass is 35.5. The van der Waals surface area contributed by atoms with E-state index in [-0.39, 0.29) is 21.1 Å². The normalized spacial score (nSPS) is 11.6. The summed E-state index contributed by atoms with van der Waals surface area (Å²) in [5, 5.41) is 2.52. The molecular formula is C11H13ClN2O6SSi. The summed E-state index contributed by atoms with van der Waals surface area (Å²) in [7, 11) is -5.98. The quantitative estimate of drug-likeness (QED) is 0.830. The Bertz CT molecular complexity index is 874. The number of amides is 2. The van der Waals surface area contributed by atoms with E-state index in [1.165, 1.54) is 12.1 Å². The van der Waals surface area contributed by atoms with Crippen molar-refractivity contribution in [3.05, 3.63) is 17.2 Å². The van der Waals surface area contributed by atoms with Crippen LogP contribution in [-0.4, -0.2) is 41.1 Å². The monoisotopic (exact) mass is 364 g/mol. The van der Waals surface area contributed by atoms with Gasteiger partial charge in [0.15, 0.2) is 11.2 Å². The first-order valence-corrected chi connectivity index (χ1v) is 9.32. The maximum absolute atomic E-state index is 12.5. The van der Waals surface area contributed by atoms with Crippen molar-refractivity contribution < 1.29 is 25.9 Å². The lowest BCUT2D eigenvalue weighted by Gasteiger charge is -2.18. The summed E-state index contributed by atoms with van der Waals surface area (Å²) >= 11 is 5.85. The van der Waals surface area contributed by atoms with Crippen LogP contribution in [0.25, 0.3) is 11.2 Å². The first-order valence-electron chi connectivity index (χ1n) is 6.28. The van der Waals surface area contributed by atoms with Crippen LogP contribution in [0.1, 0.15) is 13.3 Å². The molecule has 0 saturated heterocycles. The maximum atomic E-state index is 12.5. The first-order chi connectivity index (χ1) is 10.3. The van der Waals surface area contributed by atoms with Crippen molar-refractivity contribution in [3.8, 4) is 0 Å². The molecule has 0 unspecified atom stereocenters. The summed E-state index contributed by atoms with van der Waals surface area (Å²) in [6.07, 6.45) is 0.662. The summed E-state index contributed by atoms with van der Waals surface area (Å²) in [5.74, 6) is 0. The largest absolute Gasteiger partial charge is 0.779 e. The third-order valence-corrected chi connectivity index (χ3v) is 5.65. The Morgan fingerprint density at radius 2 is 2.00 bits per heavy atom. The molecule has 0 atom stereocenters. The Morgan fingerprint density at radius 1 is 1.36 bits per heavy atom. The molecule has 11 heteroatoms. The molecule has 0 aliphatic carbocycles. The van der Waals surface area contributed by atoms with Crippen LogP contribution < -0.4 is 5.32 Å². The molecule has 2 aromatic rings. The van der Waals surface area contributed by atoms with Crippen LogP contribution in [0, 0.1) is 0 Å². The van der Waals surface area contributed by atoms with Gasteiger partial charge in [-0.2, -0.15) is 0 Å². The molecule has 1 heterocycles. The Labute approximate surface area is 132 Å². The molecule has 1 aromatic heterocycles. The lowest BCUT2D eigenvalue weighted by molar-refractivity contribution is 0.228. The van der Waals surface area contributed by atoms with Gasteiger partial charge in [-0.05, 0) is 18.6 Å². The van der Waals surface area contributed by atoms with E-state index < -0.39 is 24.9 Å². The van der Waals surface area contributed by atoms with Gasteiger partial charge in [0, 0.05) is 13.6 Å². The molecule has 22 heavy (non-hydrogen) atoms. The van der Waals surface area contributed by atoms with E-state index in [1.807, 2.05) is 6.92 Å². The van der Waals surface area contributed by atoms with Crippen LogP contribution in [0.15, 0.2) is 25.2 Å². The number of sulfonamides is 1. The Morgan fingerprint density at radius 3 is 2.64 bits per heavy atom. The van der Waals surface area contributed by atoms with E-state index >= 15 is 0 Å². The first kappa shape index (κ1) is 16.7. The van der Waals surface area contributed by atoms with Gasteiger partial charge in [-0.25, -0.2) is 17.5 Å². The van der Waals surface area contributed by atoms with Gasteiger partial charge < -0.3 is 13.5 Å². The second-order valence-corrected chi connectivity index (χ2v) is 7.62. The number of hydrogen-bond acceptors (Lipinski definition) is 6. The number of benzene rings is 1. The summed E-state index contributed by atoms with van der Waals surface area (Å²) in [5.41, 5.74) is -0.347. The lowest BCUT2D eigenvalue weighted by Crippen LogP contribution is -2.41. The van der Waals surface area contributed by atoms with E-state index in [0.717, 1.165) is 7.05 Å². The fraction of sp³-hybridized carbons (Fsp3) is 0.364. The molecule has 0 saturated carbocycles. The molecule has 2 rings (SSSR count). The molecule has 120 valence electrons. The zero-order chi connectivity index (χ0) is 16.5. The van der Waals surface area contributed by atoms with Crippen LogP contribution in [0.3, 0.4) is 0 Å². The zero-order valence-electron chi connectivity index (χ0n) is 11.8. The van der Waals surface area contributed by atoms with Crippen molar-refractivity contribution in [1.82, 2.24) is 9.62 Å². The third kappa shape index (κ3) is 2.94. The molecular weight excluding hydrogens is 352 g/mol. The van der Waals surface area contributed by atoms with Gasteiger partial charge in [-0.1, -0.05) is 18.5 Å². The van der Waals surface area contributed by atoms with Crippen LogP contribution in [0.2, 0.25) is 5.02 Å². The fourth-order valence-electron chi connectivity index (χ4n) is 1.70. The van der Waals surface area contributed by atoms with Gasteiger partial charge in [0.25, 0.3) is 10.0 Å². The van der Waals surface area contributed by atoms with Crippen LogP contribution in [-0.2, 0) is 14.5 Å². The number of carbonyl (C=O) groups is 1. The van der Waals surface area contributed by atoms with Gasteiger partial charge in [-0.3, -0.25) is 4.46 Å². The lowest BCUT2D eigenvalue weighted by atomic mass is 10.3. The summed E-state index contributed by atoms with van der Waals surface area (Å²) in [4.78, 5) is 11.5. The Hall–Kier alpha value is -1.65. The fourth-order valence-corrected chi connectivity index (χ4v) is 4.00. The number of nitrogens with zero attached hydrogens (tertiary/aromatic N) is 1. The standard InChI is InChI=1S/C11H13ClN2O6SSi/c1-3-6-13-11(15)14(2)21(16,17)8-5-4-7(12)9-10(8)20-22(18)19-9/h4-5H,3,6H2,1-2H3,(H,13,15). The minimum Gasteiger partial charge on any atom is -0.454 e. The average molecular weight is 365 g/mol. The molecule has 0 aliphatic rings. The van der Waals surface area contributed by atoms with Gasteiger partial charge in [0.1, 0.15) is 4.90 Å². The summed E-state index contributed by atoms with van der Waals surface area (Å²) in [6.45, 7) is 2.18. The third-order valence-electron chi connectivity index (χ3n) is 2.85. The summed E-state index contributed by atoms with van der Waals surface area (Å²) < 4.78 is 46.7. The van der Waals surface area contributed by atoms with Crippen molar-refractivity contribution in [1.29, 1.82) is 0 Å². The predicted molar refractivity (Wildman–Crippen MR) is 78.6 cm³/mol. The molecule has 0 radical (unpaired) electrons. The van der Waals surface area contributed by atoms with E-state index in [2.05, 4.69) is 5.32 Å². The SMILES string of the molecule is CCCNC(=O)N(C)S(=O)(=O)c1ccc(Cl)c2o[si](=O)oc12. The maximum Gasteiger partial charge on any atom is 0.779 e. The van der Waals surface area contributed by atoms with Crippen molar-refractivity contribution in [2.75, 3.05) is 13.6 Å². The highest BCUT2D eigenvalue weighted by Gasteiger charge is 2.30. The van der Waals surface area contributed by atoms with Gasteiger partial charge in [0.05, 0.1) is 5.02 Å². The topological polar surface area (TPSA) is 110 Å². The molecule has 2 amide bonds. The Kier molecular flexibility index (Phi) is 4.73. The van der Waals surface area contributed by atoms with Crippen molar-refractivity contribution in [3.63, 3.8) is 0 Å². The number of hydrogen-bond donors (Lipinski definition) is 1. The van der Waals surface area contributed by atoms with Crippen molar-refractivity contribution in [2.24, 2.45) is 0 Å². The van der Waals surface area contributed by atoms with Gasteiger partial charge >= 0.3 is 14.8 Å². The zero-order valence-corrected chi connectivity index (χ0v) is 14.3. The predicted octanol–water partition coefficient (Wildman–Crippen LogP) is 1.92. The van der Waals surface area contributed by atoms with Crippen LogP contribution in [0.5, 0.6) is 0 Å². The van der Waals surface area contributed by atoms with Crippen LogP contribution >= 0.6 is 11.6 Å². The average Bonchev–Trinajstić information content (AvgIpc) is 2.86. The number of carbonyl (C=O) groups excluding carboxylic acids is 1. The van der Waals surface area contributed by atoms with Gasteiger partial charge in [-0.15, -0.1) is 0 Å². The highest BCUT2D eigenvalue weighted by molar-refractivity contribution is 7.89. The number of urea groups is 1. The molecule has 1 N–H and O–H groups in total. The summed E-state index contributed by atoms with van der Waals surface area (Å²) in [6, 6.07) is 1.66. The Balaban J connectivity index is 2.52. The number of halogens is 1. The number of nitrogens with one attached hydrogen (secondary N) is 1. The smallest absolute Gasteiger partial charge is 0.454 e. The molecule has 0 fully saturated rings. The molecule has 0 bridgehead atoms. The van der Waals surface area contributed by atoms with E-state index in [0.29, 0.717) is 17.3 Å². The van der Waals surface area contributed by atoms with Gasteiger partial charge in [0.2, 0.25) is 0 Å². The second kappa shape index (κ2) is 6.22. The minimum atomic E-state index is -4.20. The van der Waals surface area contributed by atoms with E-state index in [9.17, 15) is 17.7 Å². The molecule has 8 nitrogen and oxygen atoms in total. The highest BCUT2D eigenvalue weighted by Crippen LogP contribution is 2.30. The molecule has 0 aliphatic heterocycles. The van der Waals surface area contributed by atoms with Crippen LogP contribution in [0.4, 0.5) is 4.79 Å². The van der Waals surface area contributed by atoms with E-state index in [1.54, 1.807) is 0 Å². The number of fused-ring (bicyclic) bond motifs is 1.